The molecule has 6 heteroatoms. The predicted octanol–water partition coefficient (Wildman–Crippen LogP) is -0.195. The highest BCUT2D eigenvalue weighted by Crippen LogP contribution is 2.18. The Hall–Kier alpha value is -0.810. The van der Waals surface area contributed by atoms with E-state index in [2.05, 4.69) is 5.32 Å². The number of carbonyl (C=O) groups is 2. The van der Waals surface area contributed by atoms with Crippen molar-refractivity contribution >= 4 is 23.7 Å². The van der Waals surface area contributed by atoms with Gasteiger partial charge in [-0.15, -0.1) is 0 Å². The van der Waals surface area contributed by atoms with Gasteiger partial charge in [0.25, 0.3) is 0 Å². The lowest BCUT2D eigenvalue weighted by Crippen LogP contribution is -2.41. The molecule has 1 aliphatic heterocycles. The van der Waals surface area contributed by atoms with Crippen LogP contribution in [0.25, 0.3) is 0 Å². The third kappa shape index (κ3) is 2.86. The molecule has 1 aliphatic rings. The highest BCUT2D eigenvalue weighted by Gasteiger charge is 2.29. The molecular weight excluding hydrogens is 196 g/mol. The fourth-order valence-corrected chi connectivity index (χ4v) is 1.58. The molecule has 5 nitrogen and oxygen atoms in total. The van der Waals surface area contributed by atoms with Crippen LogP contribution < -0.4 is 5.32 Å². The van der Waals surface area contributed by atoms with E-state index in [9.17, 15) is 9.59 Å². The van der Waals surface area contributed by atoms with E-state index in [1.54, 1.807) is 0 Å². The average molecular weight is 207 g/mol. The smallest absolute Gasteiger partial charge is 0.322 e. The fourth-order valence-electron chi connectivity index (χ4n) is 1.27. The number of hydrogen-bond acceptors (Lipinski definition) is 3. The third-order valence-corrected chi connectivity index (χ3v) is 2.31. The Labute approximate surface area is 80.8 Å². The van der Waals surface area contributed by atoms with Gasteiger partial charge in [0.2, 0.25) is 5.91 Å². The Morgan fingerprint density at radius 3 is 2.77 bits per heavy atom. The molecule has 0 aromatic heterocycles. The standard InChI is InChI=1S/C7H11ClN2O3/c8-10-3-1-2-5(10)7(13)9-4-6(11)12/h5H,1-4H2,(H,9,13)(H,11,12)/t5-/m0/s1. The van der Waals surface area contributed by atoms with E-state index in [1.807, 2.05) is 0 Å². The summed E-state index contributed by atoms with van der Waals surface area (Å²) in [6, 6.07) is -0.374. The molecule has 13 heavy (non-hydrogen) atoms. The summed E-state index contributed by atoms with van der Waals surface area (Å²) in [5.41, 5.74) is 0. The van der Waals surface area contributed by atoms with Gasteiger partial charge in [0.1, 0.15) is 12.6 Å². The molecule has 0 radical (unpaired) electrons. The van der Waals surface area contributed by atoms with Crippen LogP contribution in [0.1, 0.15) is 12.8 Å². The molecule has 1 atom stereocenters. The van der Waals surface area contributed by atoms with Crippen LogP contribution in [0.3, 0.4) is 0 Å². The van der Waals surface area contributed by atoms with Gasteiger partial charge in [-0.2, -0.15) is 0 Å². The molecule has 0 spiro atoms. The van der Waals surface area contributed by atoms with Crippen molar-refractivity contribution in [1.82, 2.24) is 9.74 Å². The van der Waals surface area contributed by atoms with Crippen molar-refractivity contribution < 1.29 is 14.7 Å². The van der Waals surface area contributed by atoms with E-state index < -0.39 is 5.97 Å². The zero-order chi connectivity index (χ0) is 9.84. The molecule has 1 rings (SSSR count). The van der Waals surface area contributed by atoms with Crippen molar-refractivity contribution in [1.29, 1.82) is 0 Å². The number of nitrogens with zero attached hydrogens (tertiary/aromatic N) is 1. The first-order valence-corrected chi connectivity index (χ1v) is 4.37. The van der Waals surface area contributed by atoms with Crippen molar-refractivity contribution in [2.24, 2.45) is 0 Å². The number of carboxylic acids is 1. The molecule has 1 amide bonds. The number of halogens is 1. The van der Waals surface area contributed by atoms with Gasteiger partial charge in [-0.3, -0.25) is 9.59 Å². The normalized spacial score (nSPS) is 23.0. The molecule has 74 valence electrons. The molecule has 0 saturated carbocycles. The van der Waals surface area contributed by atoms with E-state index in [4.69, 9.17) is 16.9 Å². The summed E-state index contributed by atoms with van der Waals surface area (Å²) in [5.74, 6) is -1.36. The van der Waals surface area contributed by atoms with Gasteiger partial charge >= 0.3 is 5.97 Å². The second kappa shape index (κ2) is 4.43. The number of rotatable bonds is 3. The zero-order valence-electron chi connectivity index (χ0n) is 6.99. The van der Waals surface area contributed by atoms with E-state index in [0.717, 1.165) is 6.42 Å². The van der Waals surface area contributed by atoms with Crippen LogP contribution in [0.2, 0.25) is 0 Å². The molecule has 1 heterocycles. The largest absolute Gasteiger partial charge is 0.480 e. The SMILES string of the molecule is O=C(O)CNC(=O)[C@@H]1CCCN1Cl. The first kappa shape index (κ1) is 10.3. The number of nitrogens with one attached hydrogen (secondary N) is 1. The van der Waals surface area contributed by atoms with Gasteiger partial charge in [0.05, 0.1) is 0 Å². The lowest BCUT2D eigenvalue weighted by Gasteiger charge is -2.14. The molecule has 0 aliphatic carbocycles. The summed E-state index contributed by atoms with van der Waals surface area (Å²) < 4.78 is 1.41. The molecular formula is C7H11ClN2O3. The van der Waals surface area contributed by atoms with Crippen LogP contribution in [-0.4, -0.2) is 40.5 Å². The third-order valence-electron chi connectivity index (χ3n) is 1.90. The molecule has 2 N–H and O–H groups in total. The highest BCUT2D eigenvalue weighted by molar-refractivity contribution is 6.15. The highest BCUT2D eigenvalue weighted by atomic mass is 35.5. The van der Waals surface area contributed by atoms with Crippen molar-refractivity contribution in [3.05, 3.63) is 0 Å². The lowest BCUT2D eigenvalue weighted by atomic mass is 10.2. The monoisotopic (exact) mass is 206 g/mol. The van der Waals surface area contributed by atoms with Crippen LogP contribution in [0.5, 0.6) is 0 Å². The number of carbonyl (C=O) groups excluding carboxylic acids is 1. The molecule has 1 saturated heterocycles. The van der Waals surface area contributed by atoms with Crippen molar-refractivity contribution in [2.75, 3.05) is 13.1 Å². The number of hydrogen-bond donors (Lipinski definition) is 2. The number of carboxylic acid groups (broad SMARTS) is 1. The van der Waals surface area contributed by atoms with Crippen LogP contribution >= 0.6 is 11.8 Å². The zero-order valence-corrected chi connectivity index (χ0v) is 7.75. The Balaban J connectivity index is 2.34. The summed E-state index contributed by atoms with van der Waals surface area (Å²) in [4.78, 5) is 21.4. The Morgan fingerprint density at radius 1 is 1.62 bits per heavy atom. The van der Waals surface area contributed by atoms with E-state index >= 15 is 0 Å². The van der Waals surface area contributed by atoms with Gasteiger partial charge in [0.15, 0.2) is 0 Å². The molecule has 1 fully saturated rings. The number of amides is 1. The Kier molecular flexibility index (Phi) is 3.50. The maximum Gasteiger partial charge on any atom is 0.322 e. The van der Waals surface area contributed by atoms with Crippen molar-refractivity contribution in [3.8, 4) is 0 Å². The van der Waals surface area contributed by atoms with Crippen molar-refractivity contribution in [3.63, 3.8) is 0 Å². The number of aliphatic carboxylic acids is 1. The molecule has 0 bridgehead atoms. The van der Waals surface area contributed by atoms with Gasteiger partial charge in [-0.25, -0.2) is 4.42 Å². The topological polar surface area (TPSA) is 69.6 Å². The van der Waals surface area contributed by atoms with Crippen LogP contribution in [-0.2, 0) is 9.59 Å². The van der Waals surface area contributed by atoms with Crippen molar-refractivity contribution in [2.45, 2.75) is 18.9 Å². The predicted molar refractivity (Wildman–Crippen MR) is 46.2 cm³/mol. The first-order valence-electron chi connectivity index (χ1n) is 4.03. The fraction of sp³-hybridized carbons (Fsp3) is 0.714. The Bertz CT molecular complexity index is 222. The maximum absolute atomic E-state index is 11.3. The summed E-state index contributed by atoms with van der Waals surface area (Å²) >= 11 is 5.71. The minimum Gasteiger partial charge on any atom is -0.480 e. The van der Waals surface area contributed by atoms with Crippen LogP contribution in [0.4, 0.5) is 0 Å². The minimum atomic E-state index is -1.05. The maximum atomic E-state index is 11.3. The quantitative estimate of drug-likeness (QED) is 0.628. The summed E-state index contributed by atoms with van der Waals surface area (Å²) in [6.07, 6.45) is 1.56. The lowest BCUT2D eigenvalue weighted by molar-refractivity contribution is -0.138. The van der Waals surface area contributed by atoms with Gasteiger partial charge in [-0.05, 0) is 24.6 Å². The minimum absolute atomic E-state index is 0.310. The van der Waals surface area contributed by atoms with Gasteiger partial charge < -0.3 is 10.4 Å². The second-order valence-electron chi connectivity index (χ2n) is 2.89. The summed E-state index contributed by atoms with van der Waals surface area (Å²) in [7, 11) is 0. The summed E-state index contributed by atoms with van der Waals surface area (Å²) in [6.45, 7) is 0.326. The van der Waals surface area contributed by atoms with Crippen LogP contribution in [0, 0.1) is 0 Å². The molecule has 0 aromatic carbocycles. The second-order valence-corrected chi connectivity index (χ2v) is 3.33. The molecule has 0 unspecified atom stereocenters. The summed E-state index contributed by atoms with van der Waals surface area (Å²) in [5, 5.41) is 10.6. The average Bonchev–Trinajstić information content (AvgIpc) is 2.47. The van der Waals surface area contributed by atoms with E-state index in [0.29, 0.717) is 13.0 Å². The Morgan fingerprint density at radius 2 is 2.31 bits per heavy atom. The van der Waals surface area contributed by atoms with Crippen LogP contribution in [0.15, 0.2) is 0 Å². The van der Waals surface area contributed by atoms with E-state index in [1.165, 1.54) is 4.42 Å². The van der Waals surface area contributed by atoms with Gasteiger partial charge in [-0.1, -0.05) is 0 Å². The van der Waals surface area contributed by atoms with Gasteiger partial charge in [0, 0.05) is 6.54 Å². The van der Waals surface area contributed by atoms with E-state index in [-0.39, 0.29) is 18.5 Å². The molecule has 0 aromatic rings. The first-order chi connectivity index (χ1) is 6.11.